The van der Waals surface area contributed by atoms with Gasteiger partial charge >= 0.3 is 6.03 Å². The van der Waals surface area contributed by atoms with Gasteiger partial charge in [-0.25, -0.2) is 4.79 Å². The molecule has 0 heterocycles. The summed E-state index contributed by atoms with van der Waals surface area (Å²) in [6.07, 6.45) is 0. The highest BCUT2D eigenvalue weighted by molar-refractivity contribution is 5.89. The predicted octanol–water partition coefficient (Wildman–Crippen LogP) is 1.89. The second-order valence-electron chi connectivity index (χ2n) is 3.67. The van der Waals surface area contributed by atoms with Gasteiger partial charge in [0.1, 0.15) is 0 Å². The fraction of sp³-hybridized carbons (Fsp3) is 0.417. The van der Waals surface area contributed by atoms with Crippen molar-refractivity contribution in [1.29, 1.82) is 0 Å². The molecule has 0 aromatic heterocycles. The Hall–Kier alpha value is -1.55. The fourth-order valence-electron chi connectivity index (χ4n) is 1.27. The number of hydrogen-bond donors (Lipinski definition) is 2. The van der Waals surface area contributed by atoms with E-state index in [0.29, 0.717) is 6.54 Å². The van der Waals surface area contributed by atoms with Crippen LogP contribution in [0.1, 0.15) is 12.5 Å². The van der Waals surface area contributed by atoms with Crippen LogP contribution in [0.3, 0.4) is 0 Å². The van der Waals surface area contributed by atoms with Crippen molar-refractivity contribution in [3.8, 4) is 0 Å². The normalized spacial score (nSPS) is 9.94. The van der Waals surface area contributed by atoms with Crippen LogP contribution in [-0.4, -0.2) is 31.6 Å². The number of amides is 2. The molecule has 0 spiro atoms. The van der Waals surface area contributed by atoms with E-state index < -0.39 is 0 Å². The van der Waals surface area contributed by atoms with Crippen LogP contribution in [0.4, 0.5) is 10.5 Å². The van der Waals surface area contributed by atoms with Crippen LogP contribution in [-0.2, 0) is 6.54 Å². The van der Waals surface area contributed by atoms with Gasteiger partial charge in [0.15, 0.2) is 0 Å². The summed E-state index contributed by atoms with van der Waals surface area (Å²) in [6.45, 7) is 3.47. The van der Waals surface area contributed by atoms with Crippen molar-refractivity contribution in [3.05, 3.63) is 29.8 Å². The van der Waals surface area contributed by atoms with E-state index in [0.717, 1.165) is 12.2 Å². The van der Waals surface area contributed by atoms with Gasteiger partial charge in [-0.3, -0.25) is 0 Å². The first-order valence-electron chi connectivity index (χ1n) is 5.43. The highest BCUT2D eigenvalue weighted by Crippen LogP contribution is 2.09. The topological polar surface area (TPSA) is 44.4 Å². The number of urea groups is 1. The van der Waals surface area contributed by atoms with Crippen LogP contribution in [0.15, 0.2) is 24.3 Å². The van der Waals surface area contributed by atoms with E-state index in [1.54, 1.807) is 11.9 Å². The first kappa shape index (κ1) is 12.5. The zero-order chi connectivity index (χ0) is 12.0. The molecular formula is C12H19N3O. The summed E-state index contributed by atoms with van der Waals surface area (Å²) in [5.74, 6) is 0. The van der Waals surface area contributed by atoms with Crippen molar-refractivity contribution >= 4 is 11.7 Å². The molecule has 0 saturated heterocycles. The van der Waals surface area contributed by atoms with Crippen molar-refractivity contribution in [2.75, 3.05) is 26.0 Å². The zero-order valence-electron chi connectivity index (χ0n) is 10.1. The minimum atomic E-state index is -0.0798. The SMILES string of the molecule is CCN(C)C(=O)Nc1ccc(CNC)cc1. The van der Waals surface area contributed by atoms with Crippen LogP contribution in [0.2, 0.25) is 0 Å². The molecule has 4 heteroatoms. The average molecular weight is 221 g/mol. The molecule has 0 fully saturated rings. The first-order chi connectivity index (χ1) is 7.67. The molecule has 1 aromatic carbocycles. The van der Waals surface area contributed by atoms with Gasteiger partial charge in [-0.05, 0) is 31.7 Å². The van der Waals surface area contributed by atoms with Gasteiger partial charge in [0.25, 0.3) is 0 Å². The Morgan fingerprint density at radius 1 is 1.31 bits per heavy atom. The molecule has 16 heavy (non-hydrogen) atoms. The Labute approximate surface area is 96.6 Å². The Bertz CT molecular complexity index is 335. The van der Waals surface area contributed by atoms with Gasteiger partial charge in [-0.1, -0.05) is 12.1 Å². The van der Waals surface area contributed by atoms with Crippen molar-refractivity contribution in [2.24, 2.45) is 0 Å². The molecule has 1 aromatic rings. The largest absolute Gasteiger partial charge is 0.328 e. The molecule has 88 valence electrons. The lowest BCUT2D eigenvalue weighted by Crippen LogP contribution is -2.30. The van der Waals surface area contributed by atoms with E-state index in [-0.39, 0.29) is 6.03 Å². The van der Waals surface area contributed by atoms with Crippen LogP contribution in [0.25, 0.3) is 0 Å². The van der Waals surface area contributed by atoms with Crippen molar-refractivity contribution in [1.82, 2.24) is 10.2 Å². The summed E-state index contributed by atoms with van der Waals surface area (Å²) in [5, 5.41) is 5.90. The third-order valence-electron chi connectivity index (χ3n) is 2.41. The summed E-state index contributed by atoms with van der Waals surface area (Å²) in [7, 11) is 3.68. The molecule has 0 atom stereocenters. The number of carbonyl (C=O) groups excluding carboxylic acids is 1. The molecule has 2 amide bonds. The van der Waals surface area contributed by atoms with Gasteiger partial charge < -0.3 is 15.5 Å². The van der Waals surface area contributed by atoms with Gasteiger partial charge in [0.2, 0.25) is 0 Å². The highest BCUT2D eigenvalue weighted by Gasteiger charge is 2.05. The predicted molar refractivity (Wildman–Crippen MR) is 66.5 cm³/mol. The molecule has 0 bridgehead atoms. The minimum absolute atomic E-state index is 0.0798. The molecule has 1 rings (SSSR count). The van der Waals surface area contributed by atoms with Crippen LogP contribution < -0.4 is 10.6 Å². The average Bonchev–Trinajstić information content (AvgIpc) is 2.31. The Kier molecular flexibility index (Phi) is 4.79. The third-order valence-corrected chi connectivity index (χ3v) is 2.41. The maximum atomic E-state index is 11.6. The van der Waals surface area contributed by atoms with Gasteiger partial charge in [-0.15, -0.1) is 0 Å². The monoisotopic (exact) mass is 221 g/mol. The molecule has 4 nitrogen and oxygen atoms in total. The van der Waals surface area contributed by atoms with E-state index in [1.165, 1.54) is 5.56 Å². The smallest absolute Gasteiger partial charge is 0.321 e. The molecule has 0 aliphatic rings. The molecule has 0 unspecified atom stereocenters. The van der Waals surface area contributed by atoms with E-state index in [9.17, 15) is 4.79 Å². The second-order valence-corrected chi connectivity index (χ2v) is 3.67. The Morgan fingerprint density at radius 2 is 1.94 bits per heavy atom. The fourth-order valence-corrected chi connectivity index (χ4v) is 1.27. The lowest BCUT2D eigenvalue weighted by molar-refractivity contribution is 0.224. The first-order valence-corrected chi connectivity index (χ1v) is 5.43. The summed E-state index contributed by atoms with van der Waals surface area (Å²) in [4.78, 5) is 13.2. The highest BCUT2D eigenvalue weighted by atomic mass is 16.2. The van der Waals surface area contributed by atoms with Crippen molar-refractivity contribution in [2.45, 2.75) is 13.5 Å². The van der Waals surface area contributed by atoms with E-state index in [2.05, 4.69) is 10.6 Å². The standard InChI is InChI=1S/C12H19N3O/c1-4-15(3)12(16)14-11-7-5-10(6-8-11)9-13-2/h5-8,13H,4,9H2,1-3H3,(H,14,16). The van der Waals surface area contributed by atoms with Crippen LogP contribution in [0.5, 0.6) is 0 Å². The van der Waals surface area contributed by atoms with Crippen molar-refractivity contribution in [3.63, 3.8) is 0 Å². The maximum Gasteiger partial charge on any atom is 0.321 e. The molecule has 0 radical (unpaired) electrons. The van der Waals surface area contributed by atoms with Crippen molar-refractivity contribution < 1.29 is 4.79 Å². The minimum Gasteiger partial charge on any atom is -0.328 e. The zero-order valence-corrected chi connectivity index (χ0v) is 10.1. The lowest BCUT2D eigenvalue weighted by atomic mass is 10.2. The van der Waals surface area contributed by atoms with Crippen LogP contribution in [0, 0.1) is 0 Å². The second kappa shape index (κ2) is 6.12. The Balaban J connectivity index is 2.58. The number of rotatable bonds is 4. The maximum absolute atomic E-state index is 11.6. The number of benzene rings is 1. The summed E-state index contributed by atoms with van der Waals surface area (Å²) >= 11 is 0. The number of carbonyl (C=O) groups is 1. The number of hydrogen-bond acceptors (Lipinski definition) is 2. The van der Waals surface area contributed by atoms with Crippen LogP contribution >= 0.6 is 0 Å². The summed E-state index contributed by atoms with van der Waals surface area (Å²) in [5.41, 5.74) is 2.02. The van der Waals surface area contributed by atoms with Gasteiger partial charge in [0.05, 0.1) is 0 Å². The molecule has 0 saturated carbocycles. The molecule has 0 aliphatic carbocycles. The summed E-state index contributed by atoms with van der Waals surface area (Å²) < 4.78 is 0. The number of nitrogens with one attached hydrogen (secondary N) is 2. The molecule has 0 aliphatic heterocycles. The third kappa shape index (κ3) is 3.55. The van der Waals surface area contributed by atoms with Gasteiger partial charge in [0, 0.05) is 25.8 Å². The molecule has 2 N–H and O–H groups in total. The number of anilines is 1. The van der Waals surface area contributed by atoms with E-state index in [1.807, 2.05) is 38.2 Å². The van der Waals surface area contributed by atoms with E-state index >= 15 is 0 Å². The quantitative estimate of drug-likeness (QED) is 0.815. The summed E-state index contributed by atoms with van der Waals surface area (Å²) in [6, 6.07) is 7.74. The Morgan fingerprint density at radius 3 is 2.44 bits per heavy atom. The van der Waals surface area contributed by atoms with Gasteiger partial charge in [-0.2, -0.15) is 0 Å². The number of nitrogens with zero attached hydrogens (tertiary/aromatic N) is 1. The lowest BCUT2D eigenvalue weighted by Gasteiger charge is -2.15. The molecular weight excluding hydrogens is 202 g/mol. The van der Waals surface area contributed by atoms with E-state index in [4.69, 9.17) is 0 Å².